The quantitative estimate of drug-likeness (QED) is 0.563. The molecule has 0 spiro atoms. The maximum absolute atomic E-state index is 11.1. The van der Waals surface area contributed by atoms with Crippen molar-refractivity contribution in [3.8, 4) is 0 Å². The van der Waals surface area contributed by atoms with Gasteiger partial charge in [0, 0.05) is 24.7 Å². The van der Waals surface area contributed by atoms with Crippen molar-refractivity contribution in [2.75, 3.05) is 23.7 Å². The van der Waals surface area contributed by atoms with Gasteiger partial charge in [0.1, 0.15) is 6.20 Å². The van der Waals surface area contributed by atoms with Crippen LogP contribution in [0.3, 0.4) is 0 Å². The zero-order valence-electron chi connectivity index (χ0n) is 13.2. The predicted octanol–water partition coefficient (Wildman–Crippen LogP) is 1.76. The van der Waals surface area contributed by atoms with E-state index in [-0.39, 0.29) is 35.6 Å². The zero-order chi connectivity index (χ0) is 17.2. The summed E-state index contributed by atoms with van der Waals surface area (Å²) in [5.41, 5.74) is -0.529. The van der Waals surface area contributed by atoms with Crippen LogP contribution in [0.25, 0.3) is 0 Å². The summed E-state index contributed by atoms with van der Waals surface area (Å²) in [6.45, 7) is 6.42. The largest absolute Gasteiger partial charge is 0.465 e. The molecule has 126 valence electrons. The van der Waals surface area contributed by atoms with Crippen molar-refractivity contribution in [3.05, 3.63) is 16.3 Å². The third kappa shape index (κ3) is 4.41. The lowest BCUT2D eigenvalue weighted by molar-refractivity contribution is -0.384. The van der Waals surface area contributed by atoms with Gasteiger partial charge in [0.2, 0.25) is 11.8 Å². The van der Waals surface area contributed by atoms with Gasteiger partial charge in [0.15, 0.2) is 0 Å². The van der Waals surface area contributed by atoms with E-state index in [1.165, 1.54) is 4.90 Å². The van der Waals surface area contributed by atoms with E-state index in [1.54, 1.807) is 0 Å². The van der Waals surface area contributed by atoms with Crippen molar-refractivity contribution in [1.29, 1.82) is 0 Å². The van der Waals surface area contributed by atoms with Crippen LogP contribution < -0.4 is 10.6 Å². The van der Waals surface area contributed by atoms with Crippen LogP contribution in [0.5, 0.6) is 0 Å². The van der Waals surface area contributed by atoms with Crippen LogP contribution in [-0.4, -0.2) is 55.7 Å². The van der Waals surface area contributed by atoms with Gasteiger partial charge >= 0.3 is 11.8 Å². The van der Waals surface area contributed by atoms with Gasteiger partial charge in [-0.05, 0) is 27.2 Å². The first kappa shape index (κ1) is 16.7. The molecule has 1 aromatic rings. The minimum Gasteiger partial charge on any atom is -0.465 e. The molecule has 2 heterocycles. The number of hydrogen-bond donors (Lipinski definition) is 3. The number of anilines is 2. The highest BCUT2D eigenvalue weighted by Crippen LogP contribution is 2.25. The summed E-state index contributed by atoms with van der Waals surface area (Å²) in [7, 11) is 0. The Bertz CT molecular complexity index is 615. The highest BCUT2D eigenvalue weighted by atomic mass is 16.6. The standard InChI is InChI=1S/C13H20N6O4/c1-13(2,3)17-11-14-6-9(19(22)23)10(16-11)15-8-4-5-18(7-8)12(20)21/h6,8H,4-5,7H2,1-3H3,(H,20,21)(H2,14,15,16,17). The van der Waals surface area contributed by atoms with Crippen molar-refractivity contribution in [3.63, 3.8) is 0 Å². The Morgan fingerprint density at radius 3 is 2.74 bits per heavy atom. The summed E-state index contributed by atoms with van der Waals surface area (Å²) in [6.07, 6.45) is 0.713. The average molecular weight is 324 g/mol. The molecule has 0 radical (unpaired) electrons. The van der Waals surface area contributed by atoms with E-state index in [1.807, 2.05) is 20.8 Å². The molecule has 23 heavy (non-hydrogen) atoms. The molecule has 1 saturated heterocycles. The average Bonchev–Trinajstić information content (AvgIpc) is 2.85. The number of carbonyl (C=O) groups is 1. The number of amides is 1. The number of hydrogen-bond acceptors (Lipinski definition) is 7. The first-order valence-electron chi connectivity index (χ1n) is 7.20. The summed E-state index contributed by atoms with van der Waals surface area (Å²) >= 11 is 0. The number of aromatic nitrogens is 2. The van der Waals surface area contributed by atoms with Gasteiger partial charge in [-0.25, -0.2) is 9.78 Å². The number of carboxylic acid groups (broad SMARTS) is 1. The maximum Gasteiger partial charge on any atom is 0.407 e. The van der Waals surface area contributed by atoms with Crippen LogP contribution in [0.15, 0.2) is 6.20 Å². The topological polar surface area (TPSA) is 134 Å². The van der Waals surface area contributed by atoms with E-state index in [4.69, 9.17) is 5.11 Å². The van der Waals surface area contributed by atoms with E-state index in [9.17, 15) is 14.9 Å². The van der Waals surface area contributed by atoms with Crippen LogP contribution in [0, 0.1) is 10.1 Å². The fourth-order valence-electron chi connectivity index (χ4n) is 2.26. The monoisotopic (exact) mass is 324 g/mol. The molecule has 0 aromatic carbocycles. The molecule has 10 nitrogen and oxygen atoms in total. The molecule has 0 bridgehead atoms. The molecule has 3 N–H and O–H groups in total. The number of nitrogens with one attached hydrogen (secondary N) is 2. The molecule has 1 aromatic heterocycles. The molecule has 0 saturated carbocycles. The van der Waals surface area contributed by atoms with E-state index >= 15 is 0 Å². The lowest BCUT2D eigenvalue weighted by Crippen LogP contribution is -2.31. The third-order valence-corrected chi connectivity index (χ3v) is 3.25. The zero-order valence-corrected chi connectivity index (χ0v) is 13.2. The fraction of sp³-hybridized carbons (Fsp3) is 0.615. The smallest absolute Gasteiger partial charge is 0.407 e. The van der Waals surface area contributed by atoms with Crippen molar-refractivity contribution in [2.45, 2.75) is 38.8 Å². The summed E-state index contributed by atoms with van der Waals surface area (Å²) < 4.78 is 0. The highest BCUT2D eigenvalue weighted by molar-refractivity contribution is 5.66. The molecular weight excluding hydrogens is 304 g/mol. The fourth-order valence-corrected chi connectivity index (χ4v) is 2.26. The van der Waals surface area contributed by atoms with Gasteiger partial charge in [0.05, 0.1) is 4.92 Å². The molecule has 1 fully saturated rings. The van der Waals surface area contributed by atoms with Crippen molar-refractivity contribution < 1.29 is 14.8 Å². The molecule has 1 aliphatic rings. The van der Waals surface area contributed by atoms with Gasteiger partial charge < -0.3 is 20.6 Å². The second kappa shape index (κ2) is 6.23. The predicted molar refractivity (Wildman–Crippen MR) is 83.7 cm³/mol. The van der Waals surface area contributed by atoms with E-state index in [0.29, 0.717) is 13.0 Å². The minimum atomic E-state index is -0.999. The molecular formula is C13H20N6O4. The molecule has 1 unspecified atom stereocenters. The number of nitro groups is 1. The Hall–Kier alpha value is -2.65. The van der Waals surface area contributed by atoms with Crippen LogP contribution in [0.2, 0.25) is 0 Å². The molecule has 10 heteroatoms. The maximum atomic E-state index is 11.1. The van der Waals surface area contributed by atoms with Gasteiger partial charge in [-0.3, -0.25) is 10.1 Å². The Labute approximate surface area is 133 Å². The summed E-state index contributed by atoms with van der Waals surface area (Å²) in [5, 5.41) is 26.1. The summed E-state index contributed by atoms with van der Waals surface area (Å²) in [4.78, 5) is 30.9. The molecule has 1 aliphatic heterocycles. The van der Waals surface area contributed by atoms with E-state index in [2.05, 4.69) is 20.6 Å². The Morgan fingerprint density at radius 1 is 1.52 bits per heavy atom. The summed E-state index contributed by atoms with van der Waals surface area (Å²) in [5.74, 6) is 0.368. The van der Waals surface area contributed by atoms with E-state index in [0.717, 1.165) is 6.20 Å². The van der Waals surface area contributed by atoms with Crippen LogP contribution in [-0.2, 0) is 0 Å². The molecule has 1 amide bonds. The molecule has 1 atom stereocenters. The first-order chi connectivity index (χ1) is 10.7. The lowest BCUT2D eigenvalue weighted by Gasteiger charge is -2.21. The minimum absolute atomic E-state index is 0.0917. The summed E-state index contributed by atoms with van der Waals surface area (Å²) in [6, 6.07) is -0.220. The van der Waals surface area contributed by atoms with Crippen LogP contribution in [0.1, 0.15) is 27.2 Å². The highest BCUT2D eigenvalue weighted by Gasteiger charge is 2.28. The van der Waals surface area contributed by atoms with Gasteiger partial charge in [0.25, 0.3) is 0 Å². The number of nitrogens with zero attached hydrogens (tertiary/aromatic N) is 4. The van der Waals surface area contributed by atoms with Crippen molar-refractivity contribution in [1.82, 2.24) is 14.9 Å². The van der Waals surface area contributed by atoms with Crippen molar-refractivity contribution >= 4 is 23.5 Å². The Kier molecular flexibility index (Phi) is 4.52. The van der Waals surface area contributed by atoms with Crippen LogP contribution >= 0.6 is 0 Å². The van der Waals surface area contributed by atoms with Crippen molar-refractivity contribution in [2.24, 2.45) is 0 Å². The Balaban J connectivity index is 2.19. The van der Waals surface area contributed by atoms with Crippen LogP contribution in [0.4, 0.5) is 22.2 Å². The second-order valence-electron chi connectivity index (χ2n) is 6.42. The Morgan fingerprint density at radius 2 is 2.22 bits per heavy atom. The normalized spacial score (nSPS) is 17.9. The van der Waals surface area contributed by atoms with Gasteiger partial charge in [-0.15, -0.1) is 0 Å². The molecule has 0 aliphatic carbocycles. The third-order valence-electron chi connectivity index (χ3n) is 3.25. The second-order valence-corrected chi connectivity index (χ2v) is 6.42. The SMILES string of the molecule is CC(C)(C)Nc1ncc([N+](=O)[O-])c(NC2CCN(C(=O)O)C2)n1. The van der Waals surface area contributed by atoms with E-state index < -0.39 is 11.0 Å². The number of likely N-dealkylation sites (tertiary alicyclic amines) is 1. The first-order valence-corrected chi connectivity index (χ1v) is 7.20. The lowest BCUT2D eigenvalue weighted by atomic mass is 10.1. The number of rotatable bonds is 4. The van der Waals surface area contributed by atoms with Gasteiger partial charge in [-0.1, -0.05) is 0 Å². The molecule has 2 rings (SSSR count). The van der Waals surface area contributed by atoms with Gasteiger partial charge in [-0.2, -0.15) is 4.98 Å².